The molecule has 1 saturated heterocycles. The molecule has 0 atom stereocenters. The van der Waals surface area contributed by atoms with Crippen LogP contribution in [0, 0.1) is 0 Å². The lowest BCUT2D eigenvalue weighted by molar-refractivity contribution is 0.0945. The fraction of sp³-hybridized carbons (Fsp3) is 0.333. The van der Waals surface area contributed by atoms with Gasteiger partial charge in [0.05, 0.1) is 5.71 Å². The Morgan fingerprint density at radius 1 is 1.33 bits per heavy atom. The summed E-state index contributed by atoms with van der Waals surface area (Å²) in [4.78, 5) is 15.2. The molecule has 1 aromatic carbocycles. The minimum Gasteiger partial charge on any atom is -0.508 e. The second-order valence-corrected chi connectivity index (χ2v) is 6.94. The number of nitrogens with zero attached hydrogens (tertiary/aromatic N) is 7. The third-order valence-electron chi connectivity index (χ3n) is 4.81. The van der Waals surface area contributed by atoms with Gasteiger partial charge >= 0.3 is 0 Å². The number of hydrazone groups is 1. The fourth-order valence-corrected chi connectivity index (χ4v) is 3.27. The van der Waals surface area contributed by atoms with Gasteiger partial charge in [-0.3, -0.25) is 9.69 Å². The van der Waals surface area contributed by atoms with Gasteiger partial charge in [-0.2, -0.15) is 9.78 Å². The highest BCUT2D eigenvalue weighted by molar-refractivity contribution is 6.01. The van der Waals surface area contributed by atoms with Gasteiger partial charge in [0.25, 0.3) is 5.91 Å². The largest absolute Gasteiger partial charge is 0.508 e. The van der Waals surface area contributed by atoms with E-state index in [1.807, 2.05) is 0 Å². The van der Waals surface area contributed by atoms with Gasteiger partial charge in [-0.1, -0.05) is 17.3 Å². The van der Waals surface area contributed by atoms with Crippen molar-refractivity contribution in [2.45, 2.75) is 26.3 Å². The number of rotatable bonds is 6. The number of hydrogen-bond acceptors (Lipinski definition) is 10. The van der Waals surface area contributed by atoms with E-state index in [1.54, 1.807) is 31.2 Å². The normalized spacial score (nSPS) is 14.9. The minimum atomic E-state index is -0.531. The summed E-state index contributed by atoms with van der Waals surface area (Å²) < 4.78 is 5.84. The number of nitrogens with two attached hydrogens (primary N) is 1. The molecular weight excluding hydrogens is 390 g/mol. The molecule has 1 amide bonds. The quantitative estimate of drug-likeness (QED) is 0.391. The molecule has 12 nitrogen and oxygen atoms in total. The maximum atomic E-state index is 13.0. The van der Waals surface area contributed by atoms with E-state index in [0.29, 0.717) is 23.5 Å². The predicted molar refractivity (Wildman–Crippen MR) is 106 cm³/mol. The number of aromatic nitrogens is 5. The number of nitrogen functional groups attached to an aromatic ring is 1. The van der Waals surface area contributed by atoms with Crippen molar-refractivity contribution in [2.75, 3.05) is 18.8 Å². The first kappa shape index (κ1) is 19.5. The number of anilines is 1. The van der Waals surface area contributed by atoms with Gasteiger partial charge in [0.2, 0.25) is 11.6 Å². The molecule has 4 N–H and O–H groups in total. The third-order valence-corrected chi connectivity index (χ3v) is 4.81. The Morgan fingerprint density at radius 3 is 2.83 bits per heavy atom. The van der Waals surface area contributed by atoms with Crippen molar-refractivity contribution in [1.82, 2.24) is 35.6 Å². The molecule has 3 aromatic rings. The van der Waals surface area contributed by atoms with Gasteiger partial charge in [0.15, 0.2) is 5.69 Å². The van der Waals surface area contributed by atoms with E-state index in [-0.39, 0.29) is 23.1 Å². The van der Waals surface area contributed by atoms with Crippen LogP contribution in [0.3, 0.4) is 0 Å². The van der Waals surface area contributed by atoms with Crippen molar-refractivity contribution < 1.29 is 14.5 Å². The number of carbonyl (C=O) groups excluding carboxylic acids is 1. The van der Waals surface area contributed by atoms with Crippen LogP contribution in [0.5, 0.6) is 5.75 Å². The van der Waals surface area contributed by atoms with Crippen LogP contribution in [0.2, 0.25) is 0 Å². The average Bonchev–Trinajstić information content (AvgIpc) is 3.47. The van der Waals surface area contributed by atoms with E-state index in [0.717, 1.165) is 25.9 Å². The van der Waals surface area contributed by atoms with E-state index >= 15 is 0 Å². The smallest absolute Gasteiger partial charge is 0.292 e. The zero-order valence-electron chi connectivity index (χ0n) is 16.3. The Morgan fingerprint density at radius 2 is 2.13 bits per heavy atom. The van der Waals surface area contributed by atoms with Gasteiger partial charge < -0.3 is 10.8 Å². The highest BCUT2D eigenvalue weighted by Gasteiger charge is 2.27. The summed E-state index contributed by atoms with van der Waals surface area (Å²) in [5.41, 5.74) is 10.1. The summed E-state index contributed by atoms with van der Waals surface area (Å²) in [6, 6.07) is 6.58. The lowest BCUT2D eigenvalue weighted by atomic mass is 10.1. The number of aromatic hydroxyl groups is 1. The number of amides is 1. The molecule has 0 unspecified atom stereocenters. The second kappa shape index (κ2) is 8.29. The third kappa shape index (κ3) is 3.98. The molecule has 156 valence electrons. The highest BCUT2D eigenvalue weighted by Crippen LogP contribution is 2.19. The Balaban J connectivity index is 1.63. The van der Waals surface area contributed by atoms with Gasteiger partial charge in [0, 0.05) is 12.1 Å². The molecule has 1 aliphatic heterocycles. The molecule has 3 heterocycles. The van der Waals surface area contributed by atoms with Crippen molar-refractivity contribution in [2.24, 2.45) is 5.10 Å². The van der Waals surface area contributed by atoms with E-state index < -0.39 is 5.91 Å². The van der Waals surface area contributed by atoms with E-state index in [2.05, 4.69) is 40.7 Å². The number of phenolic OH excluding ortho intramolecular Hbond substituents is 1. The molecule has 1 aliphatic rings. The summed E-state index contributed by atoms with van der Waals surface area (Å²) in [5, 5.41) is 29.2. The van der Waals surface area contributed by atoms with Crippen LogP contribution in [0.4, 0.5) is 5.82 Å². The van der Waals surface area contributed by atoms with Crippen molar-refractivity contribution in [3.8, 4) is 11.6 Å². The van der Waals surface area contributed by atoms with Crippen LogP contribution in [-0.4, -0.2) is 60.0 Å². The Bertz CT molecular complexity index is 1080. The van der Waals surface area contributed by atoms with Crippen LogP contribution in [0.1, 0.15) is 41.5 Å². The minimum absolute atomic E-state index is 0.0129. The molecule has 4 rings (SSSR count). The van der Waals surface area contributed by atoms with Crippen LogP contribution in [0.25, 0.3) is 5.82 Å². The van der Waals surface area contributed by atoms with Gasteiger partial charge in [-0.15, -0.1) is 5.10 Å². The van der Waals surface area contributed by atoms with Crippen LogP contribution in [0.15, 0.2) is 34.0 Å². The summed E-state index contributed by atoms with van der Waals surface area (Å²) >= 11 is 0. The maximum absolute atomic E-state index is 13.0. The summed E-state index contributed by atoms with van der Waals surface area (Å²) in [6.45, 7) is 4.03. The number of benzene rings is 1. The van der Waals surface area contributed by atoms with Crippen molar-refractivity contribution in [3.05, 3.63) is 41.2 Å². The van der Waals surface area contributed by atoms with E-state index in [1.165, 1.54) is 4.68 Å². The first-order valence-corrected chi connectivity index (χ1v) is 9.42. The van der Waals surface area contributed by atoms with Crippen LogP contribution >= 0.6 is 0 Å². The highest BCUT2D eigenvalue weighted by atomic mass is 16.6. The monoisotopic (exact) mass is 411 g/mol. The van der Waals surface area contributed by atoms with Gasteiger partial charge in [-0.05, 0) is 55.3 Å². The lowest BCUT2D eigenvalue weighted by Gasteiger charge is -2.13. The molecule has 0 spiro atoms. The first-order chi connectivity index (χ1) is 14.5. The Hall–Kier alpha value is -3.80. The number of phenols is 1. The average molecular weight is 411 g/mol. The number of carbonyl (C=O) groups is 1. The standard InChI is InChI=1S/C18H21N9O3/c1-11(12-5-4-6-13(28)9-12)20-22-18(29)15-14(10-26-7-2-3-8-26)21-25-27(15)17-16(19)23-30-24-17/h4-6,9,28H,2-3,7-8,10H2,1H3,(H2,19,23)(H,22,29)/b20-11-. The summed E-state index contributed by atoms with van der Waals surface area (Å²) in [6.07, 6.45) is 2.20. The van der Waals surface area contributed by atoms with Crippen molar-refractivity contribution in [3.63, 3.8) is 0 Å². The molecular formula is C18H21N9O3. The molecule has 30 heavy (non-hydrogen) atoms. The Kier molecular flexibility index (Phi) is 5.39. The van der Waals surface area contributed by atoms with Crippen molar-refractivity contribution in [1.29, 1.82) is 0 Å². The lowest BCUT2D eigenvalue weighted by Crippen LogP contribution is -2.26. The molecule has 2 aromatic heterocycles. The predicted octanol–water partition coefficient (Wildman–Crippen LogP) is 0.688. The first-order valence-electron chi connectivity index (χ1n) is 9.42. The van der Waals surface area contributed by atoms with Crippen LogP contribution in [-0.2, 0) is 6.54 Å². The zero-order valence-corrected chi connectivity index (χ0v) is 16.3. The van der Waals surface area contributed by atoms with Crippen molar-refractivity contribution >= 4 is 17.4 Å². The van der Waals surface area contributed by atoms with Gasteiger partial charge in [-0.25, -0.2) is 10.1 Å². The number of nitrogens with one attached hydrogen (secondary N) is 1. The fourth-order valence-electron chi connectivity index (χ4n) is 3.27. The number of likely N-dealkylation sites (tertiary alicyclic amines) is 1. The second-order valence-electron chi connectivity index (χ2n) is 6.94. The molecule has 0 aliphatic carbocycles. The topological polar surface area (TPSA) is 161 Å². The maximum Gasteiger partial charge on any atom is 0.292 e. The van der Waals surface area contributed by atoms with Gasteiger partial charge in [0.1, 0.15) is 11.4 Å². The molecule has 0 bridgehead atoms. The summed E-state index contributed by atoms with van der Waals surface area (Å²) in [7, 11) is 0. The number of hydrogen-bond donors (Lipinski definition) is 3. The summed E-state index contributed by atoms with van der Waals surface area (Å²) in [5.74, 6) is -0.358. The van der Waals surface area contributed by atoms with Crippen LogP contribution < -0.4 is 11.2 Å². The van der Waals surface area contributed by atoms with E-state index in [9.17, 15) is 9.90 Å². The van der Waals surface area contributed by atoms with E-state index in [4.69, 9.17) is 5.73 Å². The Labute approximate surface area is 171 Å². The zero-order chi connectivity index (χ0) is 21.1. The molecule has 12 heteroatoms. The molecule has 0 radical (unpaired) electrons. The SMILES string of the molecule is C/C(=N/NC(=O)c1c(CN2CCCC2)nnn1-c1nonc1N)c1cccc(O)c1. The molecule has 0 saturated carbocycles. The molecule has 1 fully saturated rings.